The first-order chi connectivity index (χ1) is 7.38. The molecule has 2 heteroatoms. The Labute approximate surface area is 91.7 Å². The highest BCUT2D eigenvalue weighted by atomic mass is 14.5. The van der Waals surface area contributed by atoms with Crippen LogP contribution >= 0.6 is 0 Å². The zero-order valence-electron chi connectivity index (χ0n) is 9.08. The van der Waals surface area contributed by atoms with Crippen LogP contribution in [-0.4, -0.2) is 6.54 Å². The van der Waals surface area contributed by atoms with Crippen LogP contribution in [0, 0.1) is 11.3 Å². The molecule has 0 aliphatic carbocycles. The smallest absolute Gasteiger partial charge is 0.0621 e. The van der Waals surface area contributed by atoms with Crippen LogP contribution in [0.15, 0.2) is 24.3 Å². The maximum absolute atomic E-state index is 8.49. The Hall–Kier alpha value is -1.33. The summed E-state index contributed by atoms with van der Waals surface area (Å²) in [5.74, 6) is 0. The summed E-state index contributed by atoms with van der Waals surface area (Å²) in [6.45, 7) is 0.743. The number of rotatable bonds is 6. The van der Waals surface area contributed by atoms with Crippen LogP contribution in [0.3, 0.4) is 0 Å². The Morgan fingerprint density at radius 2 is 1.67 bits per heavy atom. The van der Waals surface area contributed by atoms with E-state index in [-0.39, 0.29) is 0 Å². The fourth-order valence-electron chi connectivity index (χ4n) is 1.70. The van der Waals surface area contributed by atoms with Gasteiger partial charge in [-0.15, -0.1) is 0 Å². The molecule has 0 saturated heterocycles. The van der Waals surface area contributed by atoms with Gasteiger partial charge < -0.3 is 5.73 Å². The van der Waals surface area contributed by atoms with Crippen molar-refractivity contribution >= 4 is 0 Å². The molecular weight excluding hydrogens is 184 g/mol. The van der Waals surface area contributed by atoms with Gasteiger partial charge in [0.25, 0.3) is 0 Å². The van der Waals surface area contributed by atoms with Crippen LogP contribution in [0.4, 0.5) is 0 Å². The fourth-order valence-corrected chi connectivity index (χ4v) is 1.70. The van der Waals surface area contributed by atoms with Gasteiger partial charge in [-0.05, 0) is 43.4 Å². The molecule has 1 aromatic rings. The quantitative estimate of drug-likeness (QED) is 0.720. The average Bonchev–Trinajstić information content (AvgIpc) is 2.28. The topological polar surface area (TPSA) is 49.8 Å². The Morgan fingerprint density at radius 3 is 2.20 bits per heavy atom. The molecule has 2 N–H and O–H groups in total. The number of nitrogens with two attached hydrogens (primary N) is 1. The summed E-state index contributed by atoms with van der Waals surface area (Å²) in [6, 6.07) is 10.6. The lowest BCUT2D eigenvalue weighted by atomic mass is 9.99. The van der Waals surface area contributed by atoms with Gasteiger partial charge in [-0.2, -0.15) is 5.26 Å². The summed E-state index contributed by atoms with van der Waals surface area (Å²) >= 11 is 0. The van der Waals surface area contributed by atoms with Gasteiger partial charge in [-0.3, -0.25) is 0 Å². The van der Waals surface area contributed by atoms with Gasteiger partial charge in [-0.25, -0.2) is 0 Å². The van der Waals surface area contributed by atoms with E-state index in [1.54, 1.807) is 0 Å². The number of hydrogen-bond donors (Lipinski definition) is 1. The van der Waals surface area contributed by atoms with Gasteiger partial charge in [-0.1, -0.05) is 24.3 Å². The summed E-state index contributed by atoms with van der Waals surface area (Å²) in [7, 11) is 0. The summed E-state index contributed by atoms with van der Waals surface area (Å²) in [6.07, 6.45) is 4.70. The Kier molecular flexibility index (Phi) is 5.50. The third-order valence-corrected chi connectivity index (χ3v) is 2.50. The average molecular weight is 202 g/mol. The predicted molar refractivity (Wildman–Crippen MR) is 62.4 cm³/mol. The van der Waals surface area contributed by atoms with Gasteiger partial charge in [0, 0.05) is 6.42 Å². The van der Waals surface area contributed by atoms with E-state index in [4.69, 9.17) is 11.0 Å². The van der Waals surface area contributed by atoms with Gasteiger partial charge >= 0.3 is 0 Å². The molecule has 1 aromatic carbocycles. The molecule has 0 unspecified atom stereocenters. The Balaban J connectivity index is 2.56. The molecular formula is C13H18N2. The number of nitriles is 1. The molecule has 0 amide bonds. The van der Waals surface area contributed by atoms with Crippen molar-refractivity contribution in [1.82, 2.24) is 0 Å². The van der Waals surface area contributed by atoms with Gasteiger partial charge in [0.15, 0.2) is 0 Å². The summed E-state index contributed by atoms with van der Waals surface area (Å²) in [5.41, 5.74) is 8.27. The Morgan fingerprint density at radius 1 is 1.07 bits per heavy atom. The fraction of sp³-hybridized carbons (Fsp3) is 0.462. The number of aryl methyl sites for hydroxylation is 2. The second-order valence-corrected chi connectivity index (χ2v) is 3.67. The van der Waals surface area contributed by atoms with E-state index in [2.05, 4.69) is 30.3 Å². The summed E-state index contributed by atoms with van der Waals surface area (Å²) < 4.78 is 0. The van der Waals surface area contributed by atoms with Crippen LogP contribution in [0.2, 0.25) is 0 Å². The predicted octanol–water partition coefficient (Wildman–Crippen LogP) is 2.42. The van der Waals surface area contributed by atoms with Crippen molar-refractivity contribution in [2.24, 2.45) is 5.73 Å². The standard InChI is InChI=1S/C13H18N2/c14-10-4-3-8-12-6-1-2-7-13(12)9-5-11-15/h1-2,6-7H,3-5,8-9,11,15H2. The number of benzene rings is 1. The van der Waals surface area contributed by atoms with Crippen molar-refractivity contribution in [3.63, 3.8) is 0 Å². The van der Waals surface area contributed by atoms with Crippen molar-refractivity contribution in [3.05, 3.63) is 35.4 Å². The molecule has 0 fully saturated rings. The Bertz CT molecular complexity index is 326. The van der Waals surface area contributed by atoms with E-state index in [1.165, 1.54) is 11.1 Å². The highest BCUT2D eigenvalue weighted by Crippen LogP contribution is 2.13. The minimum absolute atomic E-state index is 0.644. The van der Waals surface area contributed by atoms with E-state index < -0.39 is 0 Å². The molecule has 0 bridgehead atoms. The van der Waals surface area contributed by atoms with Crippen molar-refractivity contribution in [2.75, 3.05) is 6.54 Å². The highest BCUT2D eigenvalue weighted by molar-refractivity contribution is 5.27. The SMILES string of the molecule is N#CCCCc1ccccc1CCCN. The van der Waals surface area contributed by atoms with Crippen molar-refractivity contribution in [3.8, 4) is 6.07 Å². The van der Waals surface area contributed by atoms with Crippen LogP contribution in [0.5, 0.6) is 0 Å². The zero-order chi connectivity index (χ0) is 10.9. The van der Waals surface area contributed by atoms with Crippen molar-refractivity contribution in [2.45, 2.75) is 32.1 Å². The molecule has 0 radical (unpaired) electrons. The van der Waals surface area contributed by atoms with Crippen LogP contribution < -0.4 is 5.73 Å². The molecule has 15 heavy (non-hydrogen) atoms. The van der Waals surface area contributed by atoms with E-state index >= 15 is 0 Å². The van der Waals surface area contributed by atoms with E-state index in [9.17, 15) is 0 Å². The number of nitrogens with zero attached hydrogens (tertiary/aromatic N) is 1. The maximum Gasteiger partial charge on any atom is 0.0621 e. The normalized spacial score (nSPS) is 9.87. The molecule has 0 saturated carbocycles. The van der Waals surface area contributed by atoms with Gasteiger partial charge in [0.05, 0.1) is 6.07 Å². The monoisotopic (exact) mass is 202 g/mol. The molecule has 0 aromatic heterocycles. The summed E-state index contributed by atoms with van der Waals surface area (Å²) in [4.78, 5) is 0. The van der Waals surface area contributed by atoms with E-state index in [0.29, 0.717) is 6.42 Å². The first-order valence-electron chi connectivity index (χ1n) is 5.52. The lowest BCUT2D eigenvalue weighted by Crippen LogP contribution is -2.02. The van der Waals surface area contributed by atoms with Crippen LogP contribution in [0.1, 0.15) is 30.4 Å². The first kappa shape index (κ1) is 11.7. The van der Waals surface area contributed by atoms with Crippen LogP contribution in [-0.2, 0) is 12.8 Å². The lowest BCUT2D eigenvalue weighted by molar-refractivity contribution is 0.797. The van der Waals surface area contributed by atoms with E-state index in [1.807, 2.05) is 0 Å². The number of unbranched alkanes of at least 4 members (excludes halogenated alkanes) is 1. The van der Waals surface area contributed by atoms with E-state index in [0.717, 1.165) is 32.2 Å². The number of hydrogen-bond acceptors (Lipinski definition) is 2. The first-order valence-corrected chi connectivity index (χ1v) is 5.52. The molecule has 0 aliphatic rings. The second-order valence-electron chi connectivity index (χ2n) is 3.67. The highest BCUT2D eigenvalue weighted by Gasteiger charge is 2.00. The lowest BCUT2D eigenvalue weighted by Gasteiger charge is -2.07. The molecule has 0 spiro atoms. The molecule has 0 atom stereocenters. The van der Waals surface area contributed by atoms with Crippen LogP contribution in [0.25, 0.3) is 0 Å². The summed E-state index contributed by atoms with van der Waals surface area (Å²) in [5, 5.41) is 8.49. The third-order valence-electron chi connectivity index (χ3n) is 2.50. The third kappa shape index (κ3) is 4.14. The maximum atomic E-state index is 8.49. The minimum atomic E-state index is 0.644. The van der Waals surface area contributed by atoms with Gasteiger partial charge in [0.2, 0.25) is 0 Å². The molecule has 0 heterocycles. The largest absolute Gasteiger partial charge is 0.330 e. The zero-order valence-corrected chi connectivity index (χ0v) is 9.08. The molecule has 2 nitrogen and oxygen atoms in total. The van der Waals surface area contributed by atoms with Crippen molar-refractivity contribution < 1.29 is 0 Å². The molecule has 80 valence electrons. The van der Waals surface area contributed by atoms with Gasteiger partial charge in [0.1, 0.15) is 0 Å². The second kappa shape index (κ2) is 7.03. The minimum Gasteiger partial charge on any atom is -0.330 e. The molecule has 1 rings (SSSR count). The van der Waals surface area contributed by atoms with Crippen molar-refractivity contribution in [1.29, 1.82) is 5.26 Å². The molecule has 0 aliphatic heterocycles.